The molecule has 3 rings (SSSR count). The van der Waals surface area contributed by atoms with Gasteiger partial charge in [0, 0.05) is 19.1 Å². The number of aromatic nitrogens is 2. The van der Waals surface area contributed by atoms with Crippen LogP contribution in [0.5, 0.6) is 0 Å². The molecular formula is C13H18N4OS. The molecular weight excluding hydrogens is 260 g/mol. The molecule has 0 spiro atoms. The molecule has 0 aromatic carbocycles. The van der Waals surface area contributed by atoms with Crippen molar-refractivity contribution in [3.05, 3.63) is 16.8 Å². The van der Waals surface area contributed by atoms with Crippen LogP contribution in [-0.4, -0.2) is 35.2 Å². The van der Waals surface area contributed by atoms with Gasteiger partial charge in [-0.2, -0.15) is 5.10 Å². The van der Waals surface area contributed by atoms with Crippen LogP contribution in [0.1, 0.15) is 25.7 Å². The van der Waals surface area contributed by atoms with Crippen molar-refractivity contribution in [2.24, 2.45) is 5.92 Å². The summed E-state index contributed by atoms with van der Waals surface area (Å²) in [5, 5.41) is 10.1. The number of anilines is 1. The SMILES string of the molecule is O=C(NC1CC1)[C@@H]1CCCN(c2ccc(=S)[nH]n2)C1. The van der Waals surface area contributed by atoms with Crippen LogP contribution in [-0.2, 0) is 4.79 Å². The first-order valence-corrected chi connectivity index (χ1v) is 7.24. The number of carbonyl (C=O) groups is 1. The minimum absolute atomic E-state index is 0.0827. The van der Waals surface area contributed by atoms with Crippen LogP contribution < -0.4 is 10.2 Å². The summed E-state index contributed by atoms with van der Waals surface area (Å²) in [6.07, 6.45) is 4.27. The number of hydrogen-bond donors (Lipinski definition) is 2. The zero-order valence-electron chi connectivity index (χ0n) is 10.8. The summed E-state index contributed by atoms with van der Waals surface area (Å²) in [4.78, 5) is 14.3. The Morgan fingerprint density at radius 3 is 2.95 bits per heavy atom. The first-order chi connectivity index (χ1) is 9.22. The fraction of sp³-hybridized carbons (Fsp3) is 0.615. The zero-order valence-corrected chi connectivity index (χ0v) is 11.6. The molecule has 1 saturated heterocycles. The standard InChI is InChI=1S/C13H18N4OS/c18-13(14-10-3-4-10)9-2-1-7-17(8-9)11-5-6-12(19)16-15-11/h5-6,9-10H,1-4,7-8H2,(H,14,18)(H,16,19)/t9-/m1/s1. The van der Waals surface area contributed by atoms with E-state index in [4.69, 9.17) is 12.2 Å². The highest BCUT2D eigenvalue weighted by atomic mass is 32.1. The van der Waals surface area contributed by atoms with E-state index in [-0.39, 0.29) is 11.8 Å². The monoisotopic (exact) mass is 278 g/mol. The second-order valence-electron chi connectivity index (χ2n) is 5.35. The number of amides is 1. The highest BCUT2D eigenvalue weighted by Gasteiger charge is 2.30. The van der Waals surface area contributed by atoms with Crippen LogP contribution in [0.3, 0.4) is 0 Å². The zero-order chi connectivity index (χ0) is 13.2. The lowest BCUT2D eigenvalue weighted by Crippen LogP contribution is -2.44. The van der Waals surface area contributed by atoms with E-state index >= 15 is 0 Å². The molecule has 1 aromatic heterocycles. The van der Waals surface area contributed by atoms with Gasteiger partial charge in [-0.25, -0.2) is 0 Å². The average Bonchev–Trinajstić information content (AvgIpc) is 3.24. The molecule has 1 aromatic rings. The van der Waals surface area contributed by atoms with Crippen LogP contribution in [0, 0.1) is 10.6 Å². The Morgan fingerprint density at radius 2 is 2.26 bits per heavy atom. The summed E-state index contributed by atoms with van der Waals surface area (Å²) in [5.74, 6) is 1.16. The number of nitrogens with zero attached hydrogens (tertiary/aromatic N) is 2. The van der Waals surface area contributed by atoms with Gasteiger partial charge in [0.15, 0.2) is 0 Å². The highest BCUT2D eigenvalue weighted by molar-refractivity contribution is 7.71. The molecule has 2 aliphatic rings. The number of carbonyl (C=O) groups excluding carboxylic acids is 1. The van der Waals surface area contributed by atoms with E-state index in [0.29, 0.717) is 10.7 Å². The number of nitrogens with one attached hydrogen (secondary N) is 2. The Kier molecular flexibility index (Phi) is 3.50. The van der Waals surface area contributed by atoms with Crippen molar-refractivity contribution in [3.63, 3.8) is 0 Å². The third-order valence-electron chi connectivity index (χ3n) is 3.70. The van der Waals surface area contributed by atoms with Crippen molar-refractivity contribution in [3.8, 4) is 0 Å². The summed E-state index contributed by atoms with van der Waals surface area (Å²) < 4.78 is 0.629. The second kappa shape index (κ2) is 5.28. The summed E-state index contributed by atoms with van der Waals surface area (Å²) in [5.41, 5.74) is 0. The van der Waals surface area contributed by atoms with E-state index in [1.165, 1.54) is 0 Å². The summed E-state index contributed by atoms with van der Waals surface area (Å²) in [6, 6.07) is 4.19. The van der Waals surface area contributed by atoms with Crippen LogP contribution in [0.25, 0.3) is 0 Å². The van der Waals surface area contributed by atoms with Crippen molar-refractivity contribution < 1.29 is 4.79 Å². The normalized spacial score (nSPS) is 23.2. The molecule has 2 N–H and O–H groups in total. The van der Waals surface area contributed by atoms with Gasteiger partial charge in [0.1, 0.15) is 10.5 Å². The first-order valence-electron chi connectivity index (χ1n) is 6.83. The predicted octanol–water partition coefficient (Wildman–Crippen LogP) is 1.63. The van der Waals surface area contributed by atoms with E-state index in [1.807, 2.05) is 12.1 Å². The lowest BCUT2D eigenvalue weighted by molar-refractivity contribution is -0.125. The summed E-state index contributed by atoms with van der Waals surface area (Å²) >= 11 is 4.99. The maximum Gasteiger partial charge on any atom is 0.225 e. The third-order valence-corrected chi connectivity index (χ3v) is 3.93. The van der Waals surface area contributed by atoms with E-state index in [9.17, 15) is 4.79 Å². The average molecular weight is 278 g/mol. The van der Waals surface area contributed by atoms with Crippen LogP contribution in [0.2, 0.25) is 0 Å². The Balaban J connectivity index is 1.65. The molecule has 2 heterocycles. The summed E-state index contributed by atoms with van der Waals surface area (Å²) in [6.45, 7) is 1.70. The van der Waals surface area contributed by atoms with E-state index in [1.54, 1.807) is 0 Å². The van der Waals surface area contributed by atoms with Crippen molar-refractivity contribution in [1.82, 2.24) is 15.5 Å². The Labute approximate surface area is 117 Å². The molecule has 1 aliphatic heterocycles. The molecule has 6 heteroatoms. The first kappa shape index (κ1) is 12.6. The van der Waals surface area contributed by atoms with Crippen LogP contribution in [0.15, 0.2) is 12.1 Å². The van der Waals surface area contributed by atoms with Gasteiger partial charge in [0.25, 0.3) is 0 Å². The second-order valence-corrected chi connectivity index (χ2v) is 5.79. The largest absolute Gasteiger partial charge is 0.354 e. The fourth-order valence-electron chi connectivity index (χ4n) is 2.46. The van der Waals surface area contributed by atoms with Gasteiger partial charge in [0.05, 0.1) is 5.92 Å². The topological polar surface area (TPSA) is 61.0 Å². The number of rotatable bonds is 3. The van der Waals surface area contributed by atoms with Gasteiger partial charge in [0.2, 0.25) is 5.91 Å². The van der Waals surface area contributed by atoms with E-state index in [2.05, 4.69) is 20.4 Å². The number of hydrogen-bond acceptors (Lipinski definition) is 4. The van der Waals surface area contributed by atoms with E-state index < -0.39 is 0 Å². The molecule has 1 saturated carbocycles. The van der Waals surface area contributed by atoms with Gasteiger partial charge in [-0.05, 0) is 37.8 Å². The minimum Gasteiger partial charge on any atom is -0.354 e. The van der Waals surface area contributed by atoms with Gasteiger partial charge < -0.3 is 10.2 Å². The highest BCUT2D eigenvalue weighted by Crippen LogP contribution is 2.24. The van der Waals surface area contributed by atoms with Crippen molar-refractivity contribution in [2.75, 3.05) is 18.0 Å². The summed E-state index contributed by atoms with van der Waals surface area (Å²) in [7, 11) is 0. The number of piperidine rings is 1. The van der Waals surface area contributed by atoms with Gasteiger partial charge in [-0.1, -0.05) is 12.2 Å². The van der Waals surface area contributed by atoms with Crippen molar-refractivity contribution >= 4 is 23.9 Å². The molecule has 1 atom stereocenters. The van der Waals surface area contributed by atoms with Crippen molar-refractivity contribution in [1.29, 1.82) is 0 Å². The van der Waals surface area contributed by atoms with Crippen LogP contribution >= 0.6 is 12.2 Å². The van der Waals surface area contributed by atoms with Gasteiger partial charge in [-0.3, -0.25) is 9.89 Å². The Morgan fingerprint density at radius 1 is 1.42 bits per heavy atom. The Bertz CT molecular complexity index is 505. The third kappa shape index (κ3) is 3.12. The molecule has 0 bridgehead atoms. The van der Waals surface area contributed by atoms with E-state index in [0.717, 1.165) is 44.6 Å². The molecule has 0 radical (unpaired) electrons. The number of aromatic amines is 1. The molecule has 2 fully saturated rings. The Hall–Kier alpha value is -1.43. The molecule has 5 nitrogen and oxygen atoms in total. The smallest absolute Gasteiger partial charge is 0.225 e. The molecule has 1 amide bonds. The minimum atomic E-state index is 0.0827. The predicted molar refractivity (Wildman–Crippen MR) is 75.5 cm³/mol. The van der Waals surface area contributed by atoms with Gasteiger partial charge in [-0.15, -0.1) is 0 Å². The number of H-pyrrole nitrogens is 1. The molecule has 0 unspecified atom stereocenters. The maximum absolute atomic E-state index is 12.1. The quantitative estimate of drug-likeness (QED) is 0.825. The lowest BCUT2D eigenvalue weighted by Gasteiger charge is -2.32. The lowest BCUT2D eigenvalue weighted by atomic mass is 9.97. The maximum atomic E-state index is 12.1. The van der Waals surface area contributed by atoms with Gasteiger partial charge >= 0.3 is 0 Å². The fourth-order valence-corrected chi connectivity index (χ4v) is 2.57. The van der Waals surface area contributed by atoms with Crippen LogP contribution in [0.4, 0.5) is 5.82 Å². The van der Waals surface area contributed by atoms with Crippen molar-refractivity contribution in [2.45, 2.75) is 31.7 Å². The molecule has 102 valence electrons. The molecule has 19 heavy (non-hydrogen) atoms. The molecule has 1 aliphatic carbocycles.